The first kappa shape index (κ1) is 12.3. The van der Waals surface area contributed by atoms with Crippen molar-refractivity contribution < 1.29 is 0 Å². The number of para-hydroxylation sites is 1. The van der Waals surface area contributed by atoms with E-state index < -0.39 is 0 Å². The Morgan fingerprint density at radius 3 is 2.05 bits per heavy atom. The predicted molar refractivity (Wildman–Crippen MR) is 80.3 cm³/mol. The third-order valence-electron chi connectivity index (χ3n) is 5.88. The Morgan fingerprint density at radius 2 is 1.55 bits per heavy atom. The topological polar surface area (TPSA) is 27.0 Å². The Labute approximate surface area is 121 Å². The van der Waals surface area contributed by atoms with Crippen LogP contribution >= 0.6 is 0 Å². The van der Waals surface area contributed by atoms with Gasteiger partial charge in [0.25, 0.3) is 0 Å². The van der Waals surface area contributed by atoms with Crippen LogP contribution in [0.15, 0.2) is 30.3 Å². The first-order valence-electron chi connectivity index (χ1n) is 7.99. The Balaban J connectivity index is 1.71. The Hall–Kier alpha value is -1.49. The molecule has 0 N–H and O–H groups in total. The number of hydrogen-bond donors (Lipinski definition) is 0. The van der Waals surface area contributed by atoms with Crippen LogP contribution in [-0.4, -0.2) is 12.1 Å². The summed E-state index contributed by atoms with van der Waals surface area (Å²) in [5.41, 5.74) is 1.53. The molecule has 0 heterocycles. The van der Waals surface area contributed by atoms with Gasteiger partial charge in [0.2, 0.25) is 0 Å². The molecule has 0 unspecified atom stereocenters. The van der Waals surface area contributed by atoms with Crippen molar-refractivity contribution in [2.75, 3.05) is 11.4 Å². The van der Waals surface area contributed by atoms with Crippen molar-refractivity contribution in [2.45, 2.75) is 44.1 Å². The van der Waals surface area contributed by atoms with Gasteiger partial charge in [0.05, 0.1) is 6.07 Å². The Bertz CT molecular complexity index is 493. The normalized spacial score (nSPS) is 37.6. The van der Waals surface area contributed by atoms with E-state index in [1.165, 1.54) is 44.2 Å². The van der Waals surface area contributed by atoms with Crippen LogP contribution in [0.5, 0.6) is 0 Å². The molecule has 0 amide bonds. The van der Waals surface area contributed by atoms with Crippen LogP contribution in [0.4, 0.5) is 5.69 Å². The standard InChI is InChI=1S/C18H22N2/c19-6-7-20(17-4-2-1-3-5-17)18-11-14-8-15(12-18)10-16(9-14)13-18/h1-5,14-16H,7-13H2. The van der Waals surface area contributed by atoms with E-state index in [1.807, 2.05) is 0 Å². The Morgan fingerprint density at radius 1 is 1.00 bits per heavy atom. The summed E-state index contributed by atoms with van der Waals surface area (Å²) >= 11 is 0. The van der Waals surface area contributed by atoms with Crippen molar-refractivity contribution in [3.8, 4) is 6.07 Å². The van der Waals surface area contributed by atoms with Crippen LogP contribution in [0.1, 0.15) is 38.5 Å². The number of rotatable bonds is 3. The molecule has 0 atom stereocenters. The van der Waals surface area contributed by atoms with Gasteiger partial charge in [0.15, 0.2) is 0 Å². The molecule has 4 saturated carbocycles. The van der Waals surface area contributed by atoms with Gasteiger partial charge < -0.3 is 4.90 Å². The fourth-order valence-corrected chi connectivity index (χ4v) is 5.61. The molecule has 5 rings (SSSR count). The molecular weight excluding hydrogens is 244 g/mol. The molecule has 4 bridgehead atoms. The molecule has 104 valence electrons. The van der Waals surface area contributed by atoms with Crippen molar-refractivity contribution in [2.24, 2.45) is 17.8 Å². The zero-order valence-corrected chi connectivity index (χ0v) is 12.0. The summed E-state index contributed by atoms with van der Waals surface area (Å²) in [5.74, 6) is 2.77. The van der Waals surface area contributed by atoms with Crippen molar-refractivity contribution in [1.29, 1.82) is 5.26 Å². The highest BCUT2D eigenvalue weighted by atomic mass is 15.2. The number of nitriles is 1. The monoisotopic (exact) mass is 266 g/mol. The van der Waals surface area contributed by atoms with Gasteiger partial charge in [-0.05, 0) is 68.4 Å². The zero-order valence-electron chi connectivity index (χ0n) is 12.0. The second-order valence-electron chi connectivity index (χ2n) is 7.22. The smallest absolute Gasteiger partial charge is 0.106 e. The van der Waals surface area contributed by atoms with Crippen LogP contribution in [0, 0.1) is 29.1 Å². The van der Waals surface area contributed by atoms with E-state index in [9.17, 15) is 5.26 Å². The minimum absolute atomic E-state index is 0.284. The number of benzene rings is 1. The molecule has 4 fully saturated rings. The van der Waals surface area contributed by atoms with E-state index in [0.717, 1.165) is 17.8 Å². The average molecular weight is 266 g/mol. The molecule has 0 saturated heterocycles. The first-order valence-corrected chi connectivity index (χ1v) is 7.99. The minimum atomic E-state index is 0.284. The third-order valence-corrected chi connectivity index (χ3v) is 5.88. The summed E-state index contributed by atoms with van der Waals surface area (Å²) in [4.78, 5) is 2.44. The molecule has 1 aromatic rings. The number of anilines is 1. The summed E-state index contributed by atoms with van der Waals surface area (Å²) < 4.78 is 0. The van der Waals surface area contributed by atoms with Crippen molar-refractivity contribution in [1.82, 2.24) is 0 Å². The lowest BCUT2D eigenvalue weighted by atomic mass is 9.52. The molecule has 0 aliphatic heterocycles. The number of nitrogens with zero attached hydrogens (tertiary/aromatic N) is 2. The molecule has 2 heteroatoms. The highest BCUT2D eigenvalue weighted by Crippen LogP contribution is 2.58. The van der Waals surface area contributed by atoms with Crippen LogP contribution in [0.2, 0.25) is 0 Å². The molecule has 20 heavy (non-hydrogen) atoms. The quantitative estimate of drug-likeness (QED) is 0.774. The van der Waals surface area contributed by atoms with E-state index >= 15 is 0 Å². The lowest BCUT2D eigenvalue weighted by molar-refractivity contribution is -0.00320. The van der Waals surface area contributed by atoms with Crippen LogP contribution < -0.4 is 4.90 Å². The maximum Gasteiger partial charge on any atom is 0.106 e. The van der Waals surface area contributed by atoms with Gasteiger partial charge in [0, 0.05) is 11.2 Å². The van der Waals surface area contributed by atoms with Crippen molar-refractivity contribution in [3.63, 3.8) is 0 Å². The van der Waals surface area contributed by atoms with Crippen molar-refractivity contribution in [3.05, 3.63) is 30.3 Å². The lowest BCUT2D eigenvalue weighted by Crippen LogP contribution is -2.60. The SMILES string of the molecule is N#CCN(c1ccccc1)C12CC3CC(CC(C3)C1)C2. The maximum atomic E-state index is 9.31. The van der Waals surface area contributed by atoms with Crippen LogP contribution in [-0.2, 0) is 0 Å². The van der Waals surface area contributed by atoms with Gasteiger partial charge >= 0.3 is 0 Å². The van der Waals surface area contributed by atoms with Gasteiger partial charge in [-0.25, -0.2) is 0 Å². The molecular formula is C18H22N2. The average Bonchev–Trinajstić information content (AvgIpc) is 2.44. The van der Waals surface area contributed by atoms with E-state index in [1.54, 1.807) is 0 Å². The highest BCUT2D eigenvalue weighted by molar-refractivity contribution is 5.50. The second-order valence-corrected chi connectivity index (χ2v) is 7.22. The molecule has 4 aliphatic rings. The molecule has 0 aromatic heterocycles. The zero-order chi connectivity index (χ0) is 13.6. The van der Waals surface area contributed by atoms with Gasteiger partial charge in [-0.3, -0.25) is 0 Å². The maximum absolute atomic E-state index is 9.31. The van der Waals surface area contributed by atoms with Gasteiger partial charge in [-0.15, -0.1) is 0 Å². The first-order chi connectivity index (χ1) is 9.79. The van der Waals surface area contributed by atoms with E-state index in [-0.39, 0.29) is 5.54 Å². The molecule has 0 spiro atoms. The number of hydrogen-bond acceptors (Lipinski definition) is 2. The molecule has 4 aliphatic carbocycles. The van der Waals surface area contributed by atoms with Gasteiger partial charge in [-0.1, -0.05) is 18.2 Å². The van der Waals surface area contributed by atoms with Crippen molar-refractivity contribution >= 4 is 5.69 Å². The largest absolute Gasteiger partial charge is 0.352 e. The molecule has 2 nitrogen and oxygen atoms in total. The van der Waals surface area contributed by atoms with Gasteiger partial charge in [-0.2, -0.15) is 5.26 Å². The Kier molecular flexibility index (Phi) is 2.77. The van der Waals surface area contributed by atoms with E-state index in [2.05, 4.69) is 41.3 Å². The van der Waals surface area contributed by atoms with Crippen LogP contribution in [0.25, 0.3) is 0 Å². The summed E-state index contributed by atoms with van der Waals surface area (Å²) in [5, 5.41) is 9.31. The van der Waals surface area contributed by atoms with Gasteiger partial charge in [0.1, 0.15) is 6.54 Å². The van der Waals surface area contributed by atoms with E-state index in [0.29, 0.717) is 6.54 Å². The van der Waals surface area contributed by atoms with Crippen LogP contribution in [0.3, 0.4) is 0 Å². The molecule has 0 radical (unpaired) electrons. The lowest BCUT2D eigenvalue weighted by Gasteiger charge is -2.60. The summed E-state index contributed by atoms with van der Waals surface area (Å²) in [6.07, 6.45) is 8.30. The summed E-state index contributed by atoms with van der Waals surface area (Å²) in [6.45, 7) is 0.538. The van der Waals surface area contributed by atoms with E-state index in [4.69, 9.17) is 0 Å². The second kappa shape index (κ2) is 4.52. The third kappa shape index (κ3) is 1.84. The minimum Gasteiger partial charge on any atom is -0.352 e. The summed E-state index contributed by atoms with van der Waals surface area (Å²) in [6, 6.07) is 13.0. The fraction of sp³-hybridized carbons (Fsp3) is 0.611. The highest BCUT2D eigenvalue weighted by Gasteiger charge is 2.53. The predicted octanol–water partition coefficient (Wildman–Crippen LogP) is 3.99. The summed E-state index contributed by atoms with van der Waals surface area (Å²) in [7, 11) is 0. The fourth-order valence-electron chi connectivity index (χ4n) is 5.61. The molecule has 1 aromatic carbocycles.